The monoisotopic (exact) mass is 284 g/mol. The summed E-state index contributed by atoms with van der Waals surface area (Å²) in [6.07, 6.45) is 4.73. The Hall–Kier alpha value is -0.160. The van der Waals surface area contributed by atoms with Crippen molar-refractivity contribution in [3.63, 3.8) is 0 Å². The maximum Gasteiger partial charge on any atom is 0.0757 e. The molecule has 3 unspecified atom stereocenters. The number of nitrogens with zero attached hydrogens (tertiary/aromatic N) is 1. The summed E-state index contributed by atoms with van der Waals surface area (Å²) in [5.74, 6) is 0. The van der Waals surface area contributed by atoms with Gasteiger partial charge in [-0.05, 0) is 46.6 Å². The predicted molar refractivity (Wildman–Crippen MR) is 82.1 cm³/mol. The fraction of sp³-hybridized carbons (Fsp3) is 1.00. The van der Waals surface area contributed by atoms with Gasteiger partial charge < -0.3 is 14.8 Å². The van der Waals surface area contributed by atoms with E-state index in [2.05, 4.69) is 37.9 Å². The van der Waals surface area contributed by atoms with E-state index in [0.29, 0.717) is 18.3 Å². The summed E-state index contributed by atoms with van der Waals surface area (Å²) in [6.45, 7) is 13.9. The van der Waals surface area contributed by atoms with Gasteiger partial charge in [0, 0.05) is 26.2 Å². The molecule has 2 fully saturated rings. The standard InChI is InChI=1S/C16H32N2O2/c1-5-8-17-9-14-6-7-15(19-14)11-18-10-13(2)20-16(3,4)12-18/h13-15,17H,5-12H2,1-4H3. The molecule has 4 nitrogen and oxygen atoms in total. The highest BCUT2D eigenvalue weighted by molar-refractivity contribution is 4.85. The molecule has 0 aromatic heterocycles. The first-order valence-corrected chi connectivity index (χ1v) is 8.25. The molecule has 0 spiro atoms. The zero-order chi connectivity index (χ0) is 14.6. The van der Waals surface area contributed by atoms with Crippen LogP contribution in [0.2, 0.25) is 0 Å². The first kappa shape index (κ1) is 16.2. The Labute approximate surface area is 124 Å². The predicted octanol–water partition coefficient (Wildman–Crippen LogP) is 2.03. The van der Waals surface area contributed by atoms with Crippen molar-refractivity contribution in [1.82, 2.24) is 10.2 Å². The second-order valence-corrected chi connectivity index (χ2v) is 7.04. The van der Waals surface area contributed by atoms with E-state index in [1.54, 1.807) is 0 Å². The van der Waals surface area contributed by atoms with Gasteiger partial charge in [0.15, 0.2) is 0 Å². The fourth-order valence-corrected chi connectivity index (χ4v) is 3.52. The Morgan fingerprint density at radius 2 is 2.00 bits per heavy atom. The smallest absolute Gasteiger partial charge is 0.0757 e. The number of hydrogen-bond acceptors (Lipinski definition) is 4. The van der Waals surface area contributed by atoms with Crippen LogP contribution in [-0.4, -0.2) is 61.5 Å². The van der Waals surface area contributed by atoms with Crippen molar-refractivity contribution in [2.24, 2.45) is 0 Å². The van der Waals surface area contributed by atoms with Gasteiger partial charge >= 0.3 is 0 Å². The highest BCUT2D eigenvalue weighted by Crippen LogP contribution is 2.24. The van der Waals surface area contributed by atoms with Gasteiger partial charge in [-0.2, -0.15) is 0 Å². The SMILES string of the molecule is CCCNCC1CCC(CN2CC(C)OC(C)(C)C2)O1. The van der Waals surface area contributed by atoms with Crippen molar-refractivity contribution in [2.75, 3.05) is 32.7 Å². The molecule has 2 rings (SSSR count). The maximum absolute atomic E-state index is 6.17. The Morgan fingerprint density at radius 1 is 1.25 bits per heavy atom. The number of ether oxygens (including phenoxy) is 2. The van der Waals surface area contributed by atoms with Gasteiger partial charge in [0.25, 0.3) is 0 Å². The van der Waals surface area contributed by atoms with Crippen LogP contribution in [0.3, 0.4) is 0 Å². The Kier molecular flexibility index (Phi) is 5.84. The maximum atomic E-state index is 6.17. The Balaban J connectivity index is 1.71. The van der Waals surface area contributed by atoms with Gasteiger partial charge in [0.1, 0.15) is 0 Å². The van der Waals surface area contributed by atoms with E-state index in [-0.39, 0.29) is 5.60 Å². The van der Waals surface area contributed by atoms with Crippen molar-refractivity contribution >= 4 is 0 Å². The van der Waals surface area contributed by atoms with Crippen molar-refractivity contribution in [1.29, 1.82) is 0 Å². The second-order valence-electron chi connectivity index (χ2n) is 7.04. The summed E-state index contributed by atoms with van der Waals surface area (Å²) in [5.41, 5.74) is -0.0294. The van der Waals surface area contributed by atoms with E-state index < -0.39 is 0 Å². The molecule has 118 valence electrons. The molecule has 3 atom stereocenters. The molecule has 0 saturated carbocycles. The Bertz CT molecular complexity index is 296. The number of nitrogens with one attached hydrogen (secondary N) is 1. The molecule has 2 saturated heterocycles. The van der Waals surface area contributed by atoms with Crippen molar-refractivity contribution in [3.05, 3.63) is 0 Å². The molecule has 0 bridgehead atoms. The van der Waals surface area contributed by atoms with E-state index in [1.807, 2.05) is 0 Å². The third-order valence-electron chi connectivity index (χ3n) is 4.10. The number of rotatable bonds is 6. The lowest BCUT2D eigenvalue weighted by Gasteiger charge is -2.42. The van der Waals surface area contributed by atoms with E-state index in [0.717, 1.165) is 32.7 Å². The molecular weight excluding hydrogens is 252 g/mol. The second kappa shape index (κ2) is 7.21. The highest BCUT2D eigenvalue weighted by Gasteiger charge is 2.34. The first-order valence-electron chi connectivity index (χ1n) is 8.25. The summed E-state index contributed by atoms with van der Waals surface area (Å²) in [5, 5.41) is 3.46. The fourth-order valence-electron chi connectivity index (χ4n) is 3.52. The molecule has 0 aromatic rings. The van der Waals surface area contributed by atoms with Crippen LogP contribution < -0.4 is 5.32 Å². The average molecular weight is 284 g/mol. The molecule has 0 aliphatic carbocycles. The lowest BCUT2D eigenvalue weighted by Crippen LogP contribution is -2.53. The van der Waals surface area contributed by atoms with Crippen LogP contribution in [0.25, 0.3) is 0 Å². The molecule has 1 N–H and O–H groups in total. The van der Waals surface area contributed by atoms with Crippen LogP contribution in [0.1, 0.15) is 47.0 Å². The third kappa shape index (κ3) is 4.99. The van der Waals surface area contributed by atoms with Gasteiger partial charge in [-0.25, -0.2) is 0 Å². The normalized spacial score (nSPS) is 34.5. The zero-order valence-electron chi connectivity index (χ0n) is 13.7. The van der Waals surface area contributed by atoms with Crippen LogP contribution in [0.15, 0.2) is 0 Å². The quantitative estimate of drug-likeness (QED) is 0.757. The molecule has 0 amide bonds. The van der Waals surface area contributed by atoms with E-state index >= 15 is 0 Å². The van der Waals surface area contributed by atoms with Crippen LogP contribution in [0.5, 0.6) is 0 Å². The van der Waals surface area contributed by atoms with Gasteiger partial charge in [0.2, 0.25) is 0 Å². The van der Waals surface area contributed by atoms with E-state index in [1.165, 1.54) is 19.3 Å². The van der Waals surface area contributed by atoms with Gasteiger partial charge in [0.05, 0.1) is 23.9 Å². The average Bonchev–Trinajstić information content (AvgIpc) is 2.74. The minimum atomic E-state index is -0.0294. The zero-order valence-corrected chi connectivity index (χ0v) is 13.7. The molecular formula is C16H32N2O2. The van der Waals surface area contributed by atoms with Crippen molar-refractivity contribution in [3.8, 4) is 0 Å². The lowest BCUT2D eigenvalue weighted by atomic mass is 10.0. The molecule has 2 aliphatic rings. The van der Waals surface area contributed by atoms with Gasteiger partial charge in [-0.3, -0.25) is 4.90 Å². The van der Waals surface area contributed by atoms with Crippen LogP contribution >= 0.6 is 0 Å². The molecule has 0 radical (unpaired) electrons. The number of morpholine rings is 1. The van der Waals surface area contributed by atoms with Crippen LogP contribution in [-0.2, 0) is 9.47 Å². The van der Waals surface area contributed by atoms with Crippen LogP contribution in [0, 0.1) is 0 Å². The summed E-state index contributed by atoms with van der Waals surface area (Å²) >= 11 is 0. The summed E-state index contributed by atoms with van der Waals surface area (Å²) < 4.78 is 12.1. The molecule has 0 aromatic carbocycles. The summed E-state index contributed by atoms with van der Waals surface area (Å²) in [7, 11) is 0. The van der Waals surface area contributed by atoms with Crippen molar-refractivity contribution < 1.29 is 9.47 Å². The van der Waals surface area contributed by atoms with Crippen LogP contribution in [0.4, 0.5) is 0 Å². The Morgan fingerprint density at radius 3 is 2.70 bits per heavy atom. The molecule has 2 heterocycles. The third-order valence-corrected chi connectivity index (χ3v) is 4.10. The van der Waals surface area contributed by atoms with Gasteiger partial charge in [-0.1, -0.05) is 6.92 Å². The summed E-state index contributed by atoms with van der Waals surface area (Å²) in [4.78, 5) is 2.51. The molecule has 20 heavy (non-hydrogen) atoms. The van der Waals surface area contributed by atoms with E-state index in [4.69, 9.17) is 9.47 Å². The minimum Gasteiger partial charge on any atom is -0.372 e. The minimum absolute atomic E-state index is 0.0294. The molecule has 2 aliphatic heterocycles. The largest absolute Gasteiger partial charge is 0.372 e. The lowest BCUT2D eigenvalue weighted by molar-refractivity contribution is -0.135. The number of hydrogen-bond donors (Lipinski definition) is 1. The first-order chi connectivity index (χ1) is 9.48. The van der Waals surface area contributed by atoms with Gasteiger partial charge in [-0.15, -0.1) is 0 Å². The van der Waals surface area contributed by atoms with Crippen molar-refractivity contribution in [2.45, 2.75) is 70.9 Å². The van der Waals surface area contributed by atoms with E-state index in [9.17, 15) is 0 Å². The topological polar surface area (TPSA) is 33.7 Å². The molecule has 4 heteroatoms. The summed E-state index contributed by atoms with van der Waals surface area (Å²) in [6, 6.07) is 0. The highest BCUT2D eigenvalue weighted by atomic mass is 16.5.